The number of hydrogen-bond donors (Lipinski definition) is 5. The van der Waals surface area contributed by atoms with Gasteiger partial charge in [-0.05, 0) is 24.1 Å². The number of carboxylic acid groups (broad SMARTS) is 2. The van der Waals surface area contributed by atoms with Crippen molar-refractivity contribution in [3.05, 3.63) is 59.4 Å². The van der Waals surface area contributed by atoms with Gasteiger partial charge in [0.2, 0.25) is 0 Å². The van der Waals surface area contributed by atoms with Crippen LogP contribution in [0.3, 0.4) is 0 Å². The second kappa shape index (κ2) is 10.9. The van der Waals surface area contributed by atoms with Crippen molar-refractivity contribution in [2.45, 2.75) is 44.9 Å². The second-order valence-electron chi connectivity index (χ2n) is 7.30. The second-order valence-corrected chi connectivity index (χ2v) is 7.30. The molecule has 0 radical (unpaired) electrons. The molecule has 0 fully saturated rings. The highest BCUT2D eigenvalue weighted by Crippen LogP contribution is 2.32. The van der Waals surface area contributed by atoms with Crippen LogP contribution in [-0.4, -0.2) is 64.6 Å². The third-order valence-corrected chi connectivity index (χ3v) is 4.70. The van der Waals surface area contributed by atoms with Gasteiger partial charge in [0.15, 0.2) is 12.2 Å². The largest absolute Gasteiger partial charge is 0.479 e. The number of benzene rings is 1. The van der Waals surface area contributed by atoms with Gasteiger partial charge in [-0.25, -0.2) is 22.8 Å². The summed E-state index contributed by atoms with van der Waals surface area (Å²) in [4.78, 5) is 19.5. The molecule has 1 aromatic carbocycles. The molecule has 3 rings (SSSR count). The lowest BCUT2D eigenvalue weighted by atomic mass is 10.0. The number of halogens is 3. The van der Waals surface area contributed by atoms with Gasteiger partial charge >= 0.3 is 11.9 Å². The van der Waals surface area contributed by atoms with Crippen LogP contribution in [0.4, 0.5) is 13.2 Å². The lowest BCUT2D eigenvalue weighted by Crippen LogP contribution is -2.39. The minimum atomic E-state index is -3.23. The Bertz CT molecular complexity index is 1120. The molecule has 2 atom stereocenters. The number of aryl methyl sites for hydroxylation is 1. The Hall–Kier alpha value is -3.71. The van der Waals surface area contributed by atoms with Crippen LogP contribution < -0.4 is 0 Å². The van der Waals surface area contributed by atoms with Crippen LogP contribution in [0.1, 0.15) is 30.7 Å². The molecule has 184 valence electrons. The molecule has 0 saturated heterocycles. The highest BCUT2D eigenvalue weighted by molar-refractivity contribution is 5.83. The van der Waals surface area contributed by atoms with Gasteiger partial charge in [0, 0.05) is 29.9 Å². The molecule has 0 spiro atoms. The van der Waals surface area contributed by atoms with E-state index < -0.39 is 41.4 Å². The van der Waals surface area contributed by atoms with E-state index in [2.05, 4.69) is 15.3 Å². The monoisotopic (exact) mass is 484 g/mol. The summed E-state index contributed by atoms with van der Waals surface area (Å²) >= 11 is 0. The Morgan fingerprint density at radius 3 is 2.26 bits per heavy atom. The van der Waals surface area contributed by atoms with E-state index in [0.29, 0.717) is 24.6 Å². The Morgan fingerprint density at radius 1 is 1.12 bits per heavy atom. The van der Waals surface area contributed by atoms with Crippen LogP contribution in [0.5, 0.6) is 0 Å². The van der Waals surface area contributed by atoms with Crippen molar-refractivity contribution in [2.75, 3.05) is 0 Å². The summed E-state index contributed by atoms with van der Waals surface area (Å²) in [5.41, 5.74) is 2.59. The number of aromatic amines is 1. The number of carboxylic acids is 2. The van der Waals surface area contributed by atoms with E-state index >= 15 is 0 Å². The molecule has 5 N–H and O–H groups in total. The van der Waals surface area contributed by atoms with Gasteiger partial charge in [-0.3, -0.25) is 9.78 Å². The Balaban J connectivity index is 0.000000347. The first-order valence-corrected chi connectivity index (χ1v) is 9.88. The van der Waals surface area contributed by atoms with E-state index in [1.807, 2.05) is 6.92 Å². The van der Waals surface area contributed by atoms with Gasteiger partial charge in [-0.15, -0.1) is 0 Å². The lowest BCUT2D eigenvalue weighted by Gasteiger charge is -2.12. The number of aliphatic hydroxyl groups is 2. The third kappa shape index (κ3) is 6.65. The van der Waals surface area contributed by atoms with Gasteiger partial charge in [-0.2, -0.15) is 10.2 Å². The summed E-state index contributed by atoms with van der Waals surface area (Å²) in [6, 6.07) is 3.71. The summed E-state index contributed by atoms with van der Waals surface area (Å²) in [6.45, 7) is 3.23. The number of H-pyrrole nitrogens is 1. The zero-order chi connectivity index (χ0) is 25.6. The molecule has 2 aromatic heterocycles. The van der Waals surface area contributed by atoms with Gasteiger partial charge in [0.25, 0.3) is 5.92 Å². The summed E-state index contributed by atoms with van der Waals surface area (Å²) < 4.78 is 42.3. The highest BCUT2D eigenvalue weighted by atomic mass is 19.3. The number of aromatic nitrogens is 4. The van der Waals surface area contributed by atoms with E-state index in [-0.39, 0.29) is 0 Å². The average Bonchev–Trinajstić information content (AvgIpc) is 3.42. The molecule has 3 aromatic rings. The zero-order valence-electron chi connectivity index (χ0n) is 18.1. The van der Waals surface area contributed by atoms with E-state index in [4.69, 9.17) is 20.4 Å². The summed E-state index contributed by atoms with van der Waals surface area (Å²) in [5, 5.41) is 43.7. The molecule has 0 aliphatic carbocycles. The van der Waals surface area contributed by atoms with Crippen LogP contribution >= 0.6 is 0 Å². The highest BCUT2D eigenvalue weighted by Gasteiger charge is 2.29. The molecule has 0 aliphatic heterocycles. The summed E-state index contributed by atoms with van der Waals surface area (Å²) in [6.07, 6.45) is 1.37. The fourth-order valence-corrected chi connectivity index (χ4v) is 2.87. The first-order chi connectivity index (χ1) is 15.8. The van der Waals surface area contributed by atoms with Crippen molar-refractivity contribution in [3.8, 4) is 11.1 Å². The van der Waals surface area contributed by atoms with Crippen molar-refractivity contribution in [1.29, 1.82) is 0 Å². The standard InChI is InChI=1S/C17H17F3N4.C4H6O6/c1-3-16-13(7-21-23-16)10-24-9-12(8-22-24)11-4-5-15(18)14(6-11)17(2,19)20;5-1(3(7)8)2(6)4(9)10/h4-9H,3,10H2,1-2H3,(H,21,23);1-2,5-6H,(H,7,8)(H,9,10). The van der Waals surface area contributed by atoms with Gasteiger partial charge in [0.1, 0.15) is 5.82 Å². The number of rotatable bonds is 8. The first-order valence-electron chi connectivity index (χ1n) is 9.88. The molecule has 2 unspecified atom stereocenters. The lowest BCUT2D eigenvalue weighted by molar-refractivity contribution is -0.165. The van der Waals surface area contributed by atoms with Gasteiger partial charge in [0.05, 0.1) is 24.5 Å². The van der Waals surface area contributed by atoms with Crippen molar-refractivity contribution in [1.82, 2.24) is 20.0 Å². The van der Waals surface area contributed by atoms with Crippen LogP contribution in [-0.2, 0) is 28.5 Å². The number of hydrogen-bond acceptors (Lipinski definition) is 6. The maximum atomic E-state index is 13.6. The molecule has 0 saturated carbocycles. The molecule has 0 aliphatic rings. The average molecular weight is 484 g/mol. The number of carbonyl (C=O) groups is 2. The van der Waals surface area contributed by atoms with Crippen molar-refractivity contribution in [3.63, 3.8) is 0 Å². The van der Waals surface area contributed by atoms with Gasteiger partial charge in [-0.1, -0.05) is 13.0 Å². The smallest absolute Gasteiger partial charge is 0.335 e. The fraction of sp³-hybridized carbons (Fsp3) is 0.333. The molecule has 10 nitrogen and oxygen atoms in total. The molecule has 13 heteroatoms. The number of aliphatic carboxylic acids is 2. The number of nitrogens with one attached hydrogen (secondary N) is 1. The number of nitrogens with zero attached hydrogens (tertiary/aromatic N) is 3. The maximum absolute atomic E-state index is 13.6. The van der Waals surface area contributed by atoms with Gasteiger partial charge < -0.3 is 20.4 Å². The third-order valence-electron chi connectivity index (χ3n) is 4.70. The van der Waals surface area contributed by atoms with Crippen LogP contribution in [0.2, 0.25) is 0 Å². The molecular formula is C21H23F3N4O6. The summed E-state index contributed by atoms with van der Waals surface area (Å²) in [5.74, 6) is -7.68. The van der Waals surface area contributed by atoms with E-state index in [1.54, 1.807) is 23.3 Å². The quantitative estimate of drug-likeness (QED) is 0.324. The maximum Gasteiger partial charge on any atom is 0.335 e. The molecule has 0 bridgehead atoms. The Morgan fingerprint density at radius 2 is 1.74 bits per heavy atom. The number of aliphatic hydroxyl groups excluding tert-OH is 2. The fourth-order valence-electron chi connectivity index (χ4n) is 2.87. The molecule has 2 heterocycles. The topological polar surface area (TPSA) is 162 Å². The van der Waals surface area contributed by atoms with E-state index in [9.17, 15) is 22.8 Å². The molecule has 0 amide bonds. The van der Waals surface area contributed by atoms with E-state index in [0.717, 1.165) is 23.7 Å². The van der Waals surface area contributed by atoms with Crippen molar-refractivity contribution in [2.24, 2.45) is 0 Å². The predicted octanol–water partition coefficient (Wildman–Crippen LogP) is 2.01. The minimum Gasteiger partial charge on any atom is -0.479 e. The zero-order valence-corrected chi connectivity index (χ0v) is 18.1. The van der Waals surface area contributed by atoms with Crippen LogP contribution in [0, 0.1) is 5.82 Å². The van der Waals surface area contributed by atoms with Crippen LogP contribution in [0.25, 0.3) is 11.1 Å². The molecule has 34 heavy (non-hydrogen) atoms. The molecular weight excluding hydrogens is 461 g/mol. The van der Waals surface area contributed by atoms with Crippen LogP contribution in [0.15, 0.2) is 36.8 Å². The van der Waals surface area contributed by atoms with Crippen molar-refractivity contribution >= 4 is 11.9 Å². The Labute approximate surface area is 191 Å². The normalized spacial score (nSPS) is 13.0. The predicted molar refractivity (Wildman–Crippen MR) is 112 cm³/mol. The van der Waals surface area contributed by atoms with Crippen molar-refractivity contribution < 1.29 is 43.2 Å². The number of alkyl halides is 2. The Kier molecular flexibility index (Phi) is 8.54. The summed E-state index contributed by atoms with van der Waals surface area (Å²) in [7, 11) is 0. The SMILES string of the molecule is CCc1[nH]ncc1Cn1cc(-c2ccc(F)c(C(C)(F)F)c2)cn1.O=C(O)C(O)C(O)C(=O)O. The minimum absolute atomic E-state index is 0.502. The first kappa shape index (κ1) is 26.5. The van der Waals surface area contributed by atoms with E-state index in [1.165, 1.54) is 12.1 Å².